The Labute approximate surface area is 238 Å². The smallest absolute Gasteiger partial charge is 0.340 e. The summed E-state index contributed by atoms with van der Waals surface area (Å²) in [5, 5.41) is 14.4. The molecule has 214 valence electrons. The number of esters is 1. The molecule has 9 nitrogen and oxygen atoms in total. The molecule has 2 aromatic heterocycles. The highest BCUT2D eigenvalue weighted by atomic mass is 32.2. The molecule has 3 atom stereocenters. The molecular weight excluding hydrogens is 526 g/mol. The van der Waals surface area contributed by atoms with Crippen molar-refractivity contribution in [3.63, 3.8) is 0 Å². The SMILES string of the molecule is CC[C@@H](CC(C)(C)S(N)=O)c1ccc(OC2CNC2)c2cnc(Nc3ccc4c(n3)[C@@H](C)C(C)(C)OC4=O)cc12. The highest BCUT2D eigenvalue weighted by Crippen LogP contribution is 2.40. The number of fused-ring (bicyclic) bond motifs is 2. The summed E-state index contributed by atoms with van der Waals surface area (Å²) < 4.78 is 23.6. The highest BCUT2D eigenvalue weighted by Gasteiger charge is 2.40. The average Bonchev–Trinajstić information content (AvgIpc) is 2.87. The average molecular weight is 566 g/mol. The summed E-state index contributed by atoms with van der Waals surface area (Å²) in [6.07, 6.45) is 3.51. The lowest BCUT2D eigenvalue weighted by Crippen LogP contribution is -2.50. The monoisotopic (exact) mass is 565 g/mol. The van der Waals surface area contributed by atoms with Gasteiger partial charge in [0.2, 0.25) is 0 Å². The van der Waals surface area contributed by atoms with Crippen molar-refractivity contribution in [2.24, 2.45) is 5.14 Å². The first-order valence-electron chi connectivity index (χ1n) is 13.9. The van der Waals surface area contributed by atoms with E-state index in [1.807, 2.05) is 52.9 Å². The number of cyclic esters (lactones) is 1. The molecule has 5 rings (SSSR count). The van der Waals surface area contributed by atoms with Crippen LogP contribution in [0.15, 0.2) is 36.5 Å². The molecule has 4 heterocycles. The number of nitrogens with two attached hydrogens (primary N) is 1. The van der Waals surface area contributed by atoms with Crippen LogP contribution in [0.25, 0.3) is 10.8 Å². The van der Waals surface area contributed by atoms with E-state index in [0.717, 1.165) is 41.6 Å². The predicted molar refractivity (Wildman–Crippen MR) is 159 cm³/mol. The van der Waals surface area contributed by atoms with Gasteiger partial charge in [-0.15, -0.1) is 0 Å². The molecule has 1 aromatic carbocycles. The number of pyridine rings is 2. The number of hydrogen-bond acceptors (Lipinski definition) is 8. The third kappa shape index (κ3) is 5.44. The molecule has 0 saturated carbocycles. The minimum Gasteiger partial charge on any atom is -0.487 e. The van der Waals surface area contributed by atoms with E-state index in [2.05, 4.69) is 23.6 Å². The van der Waals surface area contributed by atoms with Gasteiger partial charge in [0.15, 0.2) is 0 Å². The molecule has 40 heavy (non-hydrogen) atoms. The zero-order chi connectivity index (χ0) is 28.8. The van der Waals surface area contributed by atoms with Gasteiger partial charge in [0.1, 0.15) is 29.1 Å². The maximum Gasteiger partial charge on any atom is 0.340 e. The van der Waals surface area contributed by atoms with E-state index in [4.69, 9.17) is 24.6 Å². The Morgan fingerprint density at radius 2 is 1.98 bits per heavy atom. The van der Waals surface area contributed by atoms with Crippen molar-refractivity contribution >= 4 is 39.4 Å². The van der Waals surface area contributed by atoms with Crippen molar-refractivity contribution in [2.45, 2.75) is 82.7 Å². The van der Waals surface area contributed by atoms with Gasteiger partial charge in [0.25, 0.3) is 0 Å². The fraction of sp³-hybridized carbons (Fsp3) is 0.500. The van der Waals surface area contributed by atoms with Gasteiger partial charge >= 0.3 is 5.97 Å². The minimum atomic E-state index is -1.45. The van der Waals surface area contributed by atoms with Crippen LogP contribution in [-0.2, 0) is 15.7 Å². The van der Waals surface area contributed by atoms with E-state index in [0.29, 0.717) is 29.3 Å². The van der Waals surface area contributed by atoms with Crippen LogP contribution in [-0.4, -0.2) is 49.7 Å². The number of ether oxygens (including phenoxy) is 2. The Kier molecular flexibility index (Phi) is 7.62. The molecule has 1 saturated heterocycles. The largest absolute Gasteiger partial charge is 0.487 e. The molecule has 4 N–H and O–H groups in total. The fourth-order valence-corrected chi connectivity index (χ4v) is 5.69. The minimum absolute atomic E-state index is 0.0689. The molecule has 0 amide bonds. The summed E-state index contributed by atoms with van der Waals surface area (Å²) in [6.45, 7) is 13.5. The van der Waals surface area contributed by atoms with Crippen LogP contribution in [0.3, 0.4) is 0 Å². The van der Waals surface area contributed by atoms with E-state index in [1.165, 1.54) is 0 Å². The Bertz CT molecular complexity index is 1470. The summed E-state index contributed by atoms with van der Waals surface area (Å²) in [6, 6.07) is 9.69. The summed E-state index contributed by atoms with van der Waals surface area (Å²) in [4.78, 5) is 22.0. The van der Waals surface area contributed by atoms with E-state index >= 15 is 0 Å². The summed E-state index contributed by atoms with van der Waals surface area (Å²) in [7, 11) is -1.45. The third-order valence-electron chi connectivity index (χ3n) is 8.36. The van der Waals surface area contributed by atoms with E-state index in [1.54, 1.807) is 12.1 Å². The van der Waals surface area contributed by atoms with Crippen molar-refractivity contribution in [2.75, 3.05) is 18.4 Å². The van der Waals surface area contributed by atoms with Gasteiger partial charge in [-0.25, -0.2) is 19.0 Å². The third-order valence-corrected chi connectivity index (χ3v) is 9.61. The van der Waals surface area contributed by atoms with Crippen LogP contribution in [0.1, 0.15) is 87.8 Å². The summed E-state index contributed by atoms with van der Waals surface area (Å²) in [5.41, 5.74) is 1.69. The molecule has 2 aliphatic rings. The van der Waals surface area contributed by atoms with E-state index in [9.17, 15) is 9.00 Å². The van der Waals surface area contributed by atoms with Crippen molar-refractivity contribution in [3.8, 4) is 5.75 Å². The molecule has 10 heteroatoms. The molecule has 0 bridgehead atoms. The molecule has 0 spiro atoms. The van der Waals surface area contributed by atoms with Gasteiger partial charge in [0.05, 0.1) is 27.0 Å². The van der Waals surface area contributed by atoms with Gasteiger partial charge < -0.3 is 20.1 Å². The maximum absolute atomic E-state index is 12.5. The quantitative estimate of drug-likeness (QED) is 0.307. The lowest BCUT2D eigenvalue weighted by atomic mass is 9.84. The van der Waals surface area contributed by atoms with Gasteiger partial charge in [-0.2, -0.15) is 0 Å². The number of rotatable bonds is 9. The zero-order valence-electron chi connectivity index (χ0n) is 24.0. The maximum atomic E-state index is 12.5. The molecule has 0 aliphatic carbocycles. The first kappa shape index (κ1) is 28.4. The summed E-state index contributed by atoms with van der Waals surface area (Å²) >= 11 is 0. The van der Waals surface area contributed by atoms with Gasteiger partial charge in [-0.3, -0.25) is 5.14 Å². The molecule has 2 aliphatic heterocycles. The standard InChI is InChI=1S/C30H39N5O4S/c1-7-18(13-29(3,4)40(31)37)20-8-10-24(38-19-14-32-15-19)23-16-33-26(12-22(20)23)34-25-11-9-21-27(35-25)17(2)30(5,6)39-28(21)36/h8-12,16-19,32H,7,13-15,31H2,1-6H3,(H,33,34,35)/t17-,18+,40?/m1/s1. The second-order valence-electron chi connectivity index (χ2n) is 12.0. The Balaban J connectivity index is 1.54. The topological polar surface area (TPSA) is 128 Å². The first-order chi connectivity index (χ1) is 18.9. The van der Waals surface area contributed by atoms with Crippen molar-refractivity contribution in [1.82, 2.24) is 15.3 Å². The normalized spacial score (nSPS) is 20.3. The van der Waals surface area contributed by atoms with Gasteiger partial charge in [-0.05, 0) is 81.7 Å². The number of aromatic nitrogens is 2. The number of nitrogens with zero attached hydrogens (tertiary/aromatic N) is 2. The number of carbonyl (C=O) groups is 1. The molecule has 1 fully saturated rings. The molecule has 3 aromatic rings. The van der Waals surface area contributed by atoms with Crippen molar-refractivity contribution in [1.29, 1.82) is 0 Å². The van der Waals surface area contributed by atoms with Crippen molar-refractivity contribution in [3.05, 3.63) is 53.3 Å². The van der Waals surface area contributed by atoms with Crippen LogP contribution in [0.4, 0.5) is 11.6 Å². The second kappa shape index (κ2) is 10.7. The van der Waals surface area contributed by atoms with Gasteiger partial charge in [-0.1, -0.05) is 19.9 Å². The second-order valence-corrected chi connectivity index (χ2v) is 13.7. The van der Waals surface area contributed by atoms with Crippen LogP contribution < -0.4 is 20.5 Å². The lowest BCUT2D eigenvalue weighted by Gasteiger charge is -2.36. The zero-order valence-corrected chi connectivity index (χ0v) is 24.9. The molecule has 0 radical (unpaired) electrons. The number of carbonyl (C=O) groups excluding carboxylic acids is 1. The summed E-state index contributed by atoms with van der Waals surface area (Å²) in [5.74, 6) is 1.74. The Morgan fingerprint density at radius 3 is 2.62 bits per heavy atom. The van der Waals surface area contributed by atoms with E-state index in [-0.39, 0.29) is 23.9 Å². The number of nitrogens with one attached hydrogen (secondary N) is 2. The first-order valence-corrected chi connectivity index (χ1v) is 15.1. The number of anilines is 2. The van der Waals surface area contributed by atoms with Gasteiger partial charge in [0, 0.05) is 30.6 Å². The van der Waals surface area contributed by atoms with Crippen molar-refractivity contribution < 1.29 is 18.5 Å². The number of hydrogen-bond donors (Lipinski definition) is 3. The fourth-order valence-electron chi connectivity index (χ4n) is 5.33. The molecule has 1 unspecified atom stereocenters. The van der Waals surface area contributed by atoms with Crippen LogP contribution >= 0.6 is 0 Å². The highest BCUT2D eigenvalue weighted by molar-refractivity contribution is 7.84. The molecular formula is C30H39N5O4S. The Hall–Kier alpha value is -3.08. The van der Waals surface area contributed by atoms with Crippen LogP contribution in [0.5, 0.6) is 5.75 Å². The van der Waals surface area contributed by atoms with Crippen LogP contribution in [0, 0.1) is 0 Å². The lowest BCUT2D eigenvalue weighted by molar-refractivity contribution is -0.0189. The number of benzene rings is 1. The predicted octanol–water partition coefficient (Wildman–Crippen LogP) is 5.06. The Morgan fingerprint density at radius 1 is 1.23 bits per heavy atom. The van der Waals surface area contributed by atoms with Crippen LogP contribution in [0.2, 0.25) is 0 Å². The van der Waals surface area contributed by atoms with E-state index < -0.39 is 21.3 Å².